The molecule has 2 aromatic heterocycles. The first-order valence-corrected chi connectivity index (χ1v) is 11.6. The third kappa shape index (κ3) is 4.28. The number of ether oxygens (including phenoxy) is 1. The molecule has 0 saturated carbocycles. The van der Waals surface area contributed by atoms with Crippen LogP contribution < -0.4 is 14.7 Å². The quantitative estimate of drug-likeness (QED) is 0.458. The van der Waals surface area contributed by atoms with Crippen LogP contribution in [0, 0.1) is 0 Å². The molecule has 1 aliphatic heterocycles. The van der Waals surface area contributed by atoms with Crippen molar-refractivity contribution in [2.45, 2.75) is 26.3 Å². The monoisotopic (exact) mass is 463 g/mol. The van der Waals surface area contributed by atoms with Crippen molar-refractivity contribution >= 4 is 22.7 Å². The highest BCUT2D eigenvalue weighted by molar-refractivity contribution is 6.15. The van der Waals surface area contributed by atoms with Gasteiger partial charge in [-0.15, -0.1) is 0 Å². The number of ketones is 1. The summed E-state index contributed by atoms with van der Waals surface area (Å²) >= 11 is 0. The Morgan fingerprint density at radius 1 is 1.24 bits per heavy atom. The zero-order valence-electron chi connectivity index (χ0n) is 19.7. The second-order valence-corrected chi connectivity index (χ2v) is 8.31. The highest BCUT2D eigenvalue weighted by atomic mass is 16.5. The predicted molar refractivity (Wildman–Crippen MR) is 124 cm³/mol. The Balaban J connectivity index is 1.70. The number of quaternary nitrogens is 1. The maximum absolute atomic E-state index is 13.6. The van der Waals surface area contributed by atoms with Gasteiger partial charge < -0.3 is 24.1 Å². The molecule has 178 valence electrons. The van der Waals surface area contributed by atoms with E-state index in [0.717, 1.165) is 26.1 Å². The summed E-state index contributed by atoms with van der Waals surface area (Å²) in [4.78, 5) is 33.7. The van der Waals surface area contributed by atoms with Gasteiger partial charge >= 0.3 is 0 Å². The third-order valence-corrected chi connectivity index (χ3v) is 6.41. The summed E-state index contributed by atoms with van der Waals surface area (Å²) in [5, 5.41) is 13.8. The van der Waals surface area contributed by atoms with Crippen LogP contribution >= 0.6 is 0 Å². The molecule has 0 fully saturated rings. The number of nitrogens with one attached hydrogen (secondary N) is 1. The molecule has 4 rings (SSSR count). The van der Waals surface area contributed by atoms with Crippen LogP contribution in [0.3, 0.4) is 0 Å². The predicted octanol–water partition coefficient (Wildman–Crippen LogP) is 1.53. The Hall–Kier alpha value is -3.65. The second-order valence-electron chi connectivity index (χ2n) is 8.31. The number of fused-ring (bicyclic) bond motifs is 1. The topological polar surface area (TPSA) is 100 Å². The van der Waals surface area contributed by atoms with Gasteiger partial charge in [-0.05, 0) is 43.4 Å². The summed E-state index contributed by atoms with van der Waals surface area (Å²) in [6, 6.07) is 9.61. The van der Waals surface area contributed by atoms with Gasteiger partial charge in [-0.3, -0.25) is 14.6 Å². The second kappa shape index (κ2) is 10.1. The van der Waals surface area contributed by atoms with Crippen molar-refractivity contribution in [1.82, 2.24) is 9.88 Å². The van der Waals surface area contributed by atoms with Crippen molar-refractivity contribution in [2.24, 2.45) is 0 Å². The summed E-state index contributed by atoms with van der Waals surface area (Å²) in [5.74, 6) is -1.57. The summed E-state index contributed by atoms with van der Waals surface area (Å²) in [7, 11) is 1.52. The molecule has 0 aliphatic carbocycles. The molecule has 1 unspecified atom stereocenters. The normalized spacial score (nSPS) is 16.2. The highest BCUT2D eigenvalue weighted by Gasteiger charge is 2.40. The van der Waals surface area contributed by atoms with Gasteiger partial charge in [0.15, 0.2) is 17.1 Å². The minimum atomic E-state index is -0.803. The summed E-state index contributed by atoms with van der Waals surface area (Å²) in [6.07, 6.45) is 3.92. The molecule has 0 spiro atoms. The van der Waals surface area contributed by atoms with Crippen LogP contribution in [0.2, 0.25) is 0 Å². The fraction of sp³-hybridized carbons (Fsp3) is 0.346. The van der Waals surface area contributed by atoms with E-state index in [1.807, 2.05) is 0 Å². The van der Waals surface area contributed by atoms with E-state index < -0.39 is 23.5 Å². The van der Waals surface area contributed by atoms with Crippen LogP contribution in [0.1, 0.15) is 42.4 Å². The van der Waals surface area contributed by atoms with E-state index in [1.54, 1.807) is 48.8 Å². The van der Waals surface area contributed by atoms with Crippen LogP contribution in [0.4, 0.5) is 0 Å². The Kier molecular flexibility index (Phi) is 6.98. The van der Waals surface area contributed by atoms with Crippen molar-refractivity contribution in [3.05, 3.63) is 71.4 Å². The number of carbonyl (C=O) groups is 2. The van der Waals surface area contributed by atoms with Crippen LogP contribution in [0.15, 0.2) is 64.5 Å². The molecule has 0 bridgehead atoms. The Morgan fingerprint density at radius 2 is 2.03 bits per heavy atom. The van der Waals surface area contributed by atoms with Gasteiger partial charge in [-0.25, -0.2) is 0 Å². The molecule has 8 nitrogen and oxygen atoms in total. The van der Waals surface area contributed by atoms with E-state index in [1.165, 1.54) is 16.9 Å². The maximum atomic E-state index is 13.6. The molecule has 0 saturated heterocycles. The van der Waals surface area contributed by atoms with Gasteiger partial charge in [-0.1, -0.05) is 18.2 Å². The third-order valence-electron chi connectivity index (χ3n) is 6.41. The van der Waals surface area contributed by atoms with Gasteiger partial charge in [0.2, 0.25) is 11.7 Å². The average molecular weight is 464 g/mol. The fourth-order valence-electron chi connectivity index (χ4n) is 4.53. The molecular weight excluding hydrogens is 434 g/mol. The summed E-state index contributed by atoms with van der Waals surface area (Å²) < 4.78 is 11.1. The number of furan rings is 1. The standard InChI is InChI=1S/C26H29N3O5/c1-4-28(5-2)13-8-14-29-22(18-10-7-12-27-16-18)21(24(31)26(29)32)23(30)20-15-17-9-6-11-19(33-3)25(17)34-20/h6-7,9-12,15-16,22,31H,4-5,8,13-14H2,1-3H3. The lowest BCUT2D eigenvalue weighted by molar-refractivity contribution is -0.896. The number of nitrogens with zero attached hydrogens (tertiary/aromatic N) is 2. The Bertz CT molecular complexity index is 1210. The summed E-state index contributed by atoms with van der Waals surface area (Å²) in [5.41, 5.74) is 0.933. The molecule has 8 heteroatoms. The summed E-state index contributed by atoms with van der Waals surface area (Å²) in [6.45, 7) is 7.46. The lowest BCUT2D eigenvalue weighted by Gasteiger charge is -2.28. The minimum absolute atomic E-state index is 0.000948. The zero-order chi connectivity index (χ0) is 24.2. The first kappa shape index (κ1) is 23.5. The maximum Gasteiger partial charge on any atom is 0.239 e. The van der Waals surface area contributed by atoms with Gasteiger partial charge in [0.25, 0.3) is 0 Å². The van der Waals surface area contributed by atoms with Gasteiger partial charge in [-0.2, -0.15) is 0 Å². The van der Waals surface area contributed by atoms with Gasteiger partial charge in [0.05, 0.1) is 32.8 Å². The van der Waals surface area contributed by atoms with Crippen LogP contribution in [-0.2, 0) is 4.79 Å². The number of carbonyl (C=O) groups excluding carboxylic acids is 2. The van der Waals surface area contributed by atoms with Gasteiger partial charge in [0, 0.05) is 36.3 Å². The number of benzene rings is 1. The number of Topliss-reactive ketones (excluding diaryl/α,β-unsaturated/α-hetero) is 1. The number of rotatable bonds is 10. The number of hydrogen-bond acceptors (Lipinski definition) is 6. The van der Waals surface area contributed by atoms with Crippen molar-refractivity contribution in [2.75, 3.05) is 33.3 Å². The van der Waals surface area contributed by atoms with E-state index >= 15 is 0 Å². The van der Waals surface area contributed by atoms with E-state index in [9.17, 15) is 14.7 Å². The van der Waals surface area contributed by atoms with E-state index in [4.69, 9.17) is 9.15 Å². The zero-order valence-corrected chi connectivity index (χ0v) is 19.7. The number of methoxy groups -OCH3 is 1. The first-order chi connectivity index (χ1) is 16.5. The van der Waals surface area contributed by atoms with E-state index in [2.05, 4.69) is 18.8 Å². The molecule has 1 aromatic carbocycles. The van der Waals surface area contributed by atoms with Crippen molar-refractivity contribution in [3.8, 4) is 5.75 Å². The van der Waals surface area contributed by atoms with Crippen molar-refractivity contribution < 1.29 is 28.7 Å². The van der Waals surface area contributed by atoms with Crippen LogP contribution in [0.5, 0.6) is 5.75 Å². The molecule has 3 heterocycles. The molecule has 1 amide bonds. The molecule has 1 N–H and O–H groups in total. The highest BCUT2D eigenvalue weighted by Crippen LogP contribution is 2.39. The van der Waals surface area contributed by atoms with Crippen molar-refractivity contribution in [3.63, 3.8) is 0 Å². The average Bonchev–Trinajstić information content (AvgIpc) is 3.41. The molecule has 3 aromatic rings. The van der Waals surface area contributed by atoms with E-state index in [0.29, 0.717) is 28.8 Å². The molecule has 1 atom stereocenters. The SMILES string of the molecule is CC[NH+](CC)CCCN1C(=O)C([O-])=C(C(=O)c2cc3cccc(OC)c3o2)C1c1cccnc1. The number of aromatic nitrogens is 1. The van der Waals surface area contributed by atoms with Gasteiger partial charge in [0.1, 0.15) is 0 Å². The fourth-order valence-corrected chi connectivity index (χ4v) is 4.53. The van der Waals surface area contributed by atoms with E-state index in [-0.39, 0.29) is 11.3 Å². The lowest BCUT2D eigenvalue weighted by atomic mass is 9.96. The Morgan fingerprint density at radius 3 is 2.71 bits per heavy atom. The first-order valence-electron chi connectivity index (χ1n) is 11.6. The largest absolute Gasteiger partial charge is 0.868 e. The minimum Gasteiger partial charge on any atom is -0.868 e. The molecule has 1 aliphatic rings. The lowest BCUT2D eigenvalue weighted by Crippen LogP contribution is -3.11. The number of para-hydroxylation sites is 1. The number of pyridine rings is 1. The van der Waals surface area contributed by atoms with Crippen molar-refractivity contribution in [1.29, 1.82) is 0 Å². The number of hydrogen-bond donors (Lipinski definition) is 1. The Labute approximate surface area is 198 Å². The molecule has 0 radical (unpaired) electrons. The molecule has 34 heavy (non-hydrogen) atoms. The molecular formula is C26H29N3O5. The number of amides is 1. The van der Waals surface area contributed by atoms with Crippen LogP contribution in [-0.4, -0.2) is 54.9 Å². The van der Waals surface area contributed by atoms with Crippen LogP contribution in [0.25, 0.3) is 11.0 Å². The smallest absolute Gasteiger partial charge is 0.239 e.